The summed E-state index contributed by atoms with van der Waals surface area (Å²) < 4.78 is 5.78. The molecule has 4 atom stereocenters. The first-order chi connectivity index (χ1) is 10.9. The molecule has 1 saturated carbocycles. The molecule has 126 valence electrons. The molecule has 3 heteroatoms. The van der Waals surface area contributed by atoms with Crippen molar-refractivity contribution < 1.29 is 14.3 Å². The van der Waals surface area contributed by atoms with Gasteiger partial charge in [0.1, 0.15) is 12.0 Å². The lowest BCUT2D eigenvalue weighted by Crippen LogP contribution is -2.38. The van der Waals surface area contributed by atoms with E-state index in [0.717, 1.165) is 12.8 Å². The van der Waals surface area contributed by atoms with Gasteiger partial charge in [0.2, 0.25) is 0 Å². The zero-order valence-electron chi connectivity index (χ0n) is 14.6. The SMILES string of the molecule is CC1CCC(C(C)C)C(OC(=O)C(C)C(=O)c2ccccc2)C1. The van der Waals surface area contributed by atoms with Gasteiger partial charge < -0.3 is 4.74 Å². The van der Waals surface area contributed by atoms with E-state index in [0.29, 0.717) is 23.3 Å². The van der Waals surface area contributed by atoms with E-state index in [4.69, 9.17) is 4.74 Å². The molecule has 3 nitrogen and oxygen atoms in total. The summed E-state index contributed by atoms with van der Waals surface area (Å²) in [5.74, 6) is 0.157. The number of Topliss-reactive ketones (excluding diaryl/α,β-unsaturated/α-hetero) is 1. The normalized spacial score (nSPS) is 25.9. The molecule has 0 spiro atoms. The molecule has 1 aromatic carbocycles. The van der Waals surface area contributed by atoms with Crippen LogP contribution in [0.25, 0.3) is 0 Å². The summed E-state index contributed by atoms with van der Waals surface area (Å²) in [6.45, 7) is 8.21. The highest BCUT2D eigenvalue weighted by Crippen LogP contribution is 2.35. The molecule has 0 heterocycles. The third-order valence-corrected chi connectivity index (χ3v) is 5.03. The minimum Gasteiger partial charge on any atom is -0.462 e. The van der Waals surface area contributed by atoms with E-state index in [9.17, 15) is 9.59 Å². The van der Waals surface area contributed by atoms with Gasteiger partial charge in [0.25, 0.3) is 0 Å². The van der Waals surface area contributed by atoms with Crippen molar-refractivity contribution in [2.75, 3.05) is 0 Å². The number of carbonyl (C=O) groups excluding carboxylic acids is 2. The first-order valence-electron chi connectivity index (χ1n) is 8.70. The van der Waals surface area contributed by atoms with E-state index < -0.39 is 5.92 Å². The van der Waals surface area contributed by atoms with Crippen molar-refractivity contribution in [1.82, 2.24) is 0 Å². The number of esters is 1. The summed E-state index contributed by atoms with van der Waals surface area (Å²) in [5.41, 5.74) is 0.564. The summed E-state index contributed by atoms with van der Waals surface area (Å²) in [7, 11) is 0. The molecule has 0 N–H and O–H groups in total. The maximum atomic E-state index is 12.5. The molecule has 1 aromatic rings. The Kier molecular flexibility index (Phi) is 5.97. The van der Waals surface area contributed by atoms with Crippen LogP contribution in [0.2, 0.25) is 0 Å². The summed E-state index contributed by atoms with van der Waals surface area (Å²) in [6, 6.07) is 8.96. The number of benzene rings is 1. The van der Waals surface area contributed by atoms with Crippen molar-refractivity contribution in [3.8, 4) is 0 Å². The first kappa shape index (κ1) is 17.7. The minimum absolute atomic E-state index is 0.0581. The molecule has 1 aliphatic carbocycles. The number of ketones is 1. The molecule has 0 saturated heterocycles. The monoisotopic (exact) mass is 316 g/mol. The fraction of sp³-hybridized carbons (Fsp3) is 0.600. The molecule has 23 heavy (non-hydrogen) atoms. The molecule has 0 aliphatic heterocycles. The van der Waals surface area contributed by atoms with Gasteiger partial charge in [0, 0.05) is 5.56 Å². The molecule has 0 aromatic heterocycles. The predicted octanol–water partition coefficient (Wildman–Crippen LogP) is 4.51. The van der Waals surface area contributed by atoms with Crippen molar-refractivity contribution in [3.63, 3.8) is 0 Å². The Morgan fingerprint density at radius 2 is 1.74 bits per heavy atom. The van der Waals surface area contributed by atoms with E-state index in [1.807, 2.05) is 18.2 Å². The van der Waals surface area contributed by atoms with Gasteiger partial charge >= 0.3 is 5.97 Å². The van der Waals surface area contributed by atoms with Gasteiger partial charge in [-0.15, -0.1) is 0 Å². The average molecular weight is 316 g/mol. The highest BCUT2D eigenvalue weighted by molar-refractivity contribution is 6.08. The predicted molar refractivity (Wildman–Crippen MR) is 91.2 cm³/mol. The van der Waals surface area contributed by atoms with Crippen LogP contribution in [0.1, 0.15) is 57.3 Å². The van der Waals surface area contributed by atoms with Crippen molar-refractivity contribution in [1.29, 1.82) is 0 Å². The molecule has 1 aliphatic rings. The van der Waals surface area contributed by atoms with Crippen LogP contribution in [-0.4, -0.2) is 17.9 Å². The van der Waals surface area contributed by atoms with Gasteiger partial charge in [-0.2, -0.15) is 0 Å². The van der Waals surface area contributed by atoms with Crippen molar-refractivity contribution in [3.05, 3.63) is 35.9 Å². The van der Waals surface area contributed by atoms with Gasteiger partial charge in [-0.05, 0) is 37.5 Å². The van der Waals surface area contributed by atoms with Crippen LogP contribution in [0, 0.1) is 23.7 Å². The second-order valence-corrected chi connectivity index (χ2v) is 7.25. The molecule has 2 rings (SSSR count). The van der Waals surface area contributed by atoms with Gasteiger partial charge in [-0.3, -0.25) is 9.59 Å². The largest absolute Gasteiger partial charge is 0.462 e. The Morgan fingerprint density at radius 3 is 2.35 bits per heavy atom. The summed E-state index contributed by atoms with van der Waals surface area (Å²) >= 11 is 0. The van der Waals surface area contributed by atoms with Gasteiger partial charge in [-0.25, -0.2) is 0 Å². The van der Waals surface area contributed by atoms with Crippen LogP contribution in [0.3, 0.4) is 0 Å². The lowest BCUT2D eigenvalue weighted by molar-refractivity contribution is -0.158. The Hall–Kier alpha value is -1.64. The summed E-state index contributed by atoms with van der Waals surface area (Å²) in [5, 5.41) is 0. The van der Waals surface area contributed by atoms with E-state index in [1.54, 1.807) is 19.1 Å². The van der Waals surface area contributed by atoms with Crippen LogP contribution in [0.4, 0.5) is 0 Å². The lowest BCUT2D eigenvalue weighted by atomic mass is 9.75. The van der Waals surface area contributed by atoms with Gasteiger partial charge in [0.05, 0.1) is 0 Å². The molecule has 1 fully saturated rings. The average Bonchev–Trinajstić information content (AvgIpc) is 2.54. The van der Waals surface area contributed by atoms with Crippen LogP contribution < -0.4 is 0 Å². The second-order valence-electron chi connectivity index (χ2n) is 7.25. The van der Waals surface area contributed by atoms with E-state index in [1.165, 1.54) is 6.42 Å². The van der Waals surface area contributed by atoms with Crippen molar-refractivity contribution in [2.45, 2.75) is 53.1 Å². The number of hydrogen-bond acceptors (Lipinski definition) is 3. The van der Waals surface area contributed by atoms with Crippen LogP contribution in [0.15, 0.2) is 30.3 Å². The maximum absolute atomic E-state index is 12.5. The topological polar surface area (TPSA) is 43.4 Å². The fourth-order valence-corrected chi connectivity index (χ4v) is 3.46. The Labute approximate surface area is 139 Å². The zero-order chi connectivity index (χ0) is 17.0. The Morgan fingerprint density at radius 1 is 1.09 bits per heavy atom. The van der Waals surface area contributed by atoms with Crippen LogP contribution in [-0.2, 0) is 9.53 Å². The second kappa shape index (κ2) is 7.76. The smallest absolute Gasteiger partial charge is 0.316 e. The lowest BCUT2D eigenvalue weighted by Gasteiger charge is -2.37. The molecule has 0 bridgehead atoms. The van der Waals surface area contributed by atoms with E-state index in [-0.39, 0.29) is 17.9 Å². The number of ether oxygens (including phenoxy) is 1. The number of carbonyl (C=O) groups is 2. The van der Waals surface area contributed by atoms with Crippen LogP contribution in [0.5, 0.6) is 0 Å². The first-order valence-corrected chi connectivity index (χ1v) is 8.70. The zero-order valence-corrected chi connectivity index (χ0v) is 14.6. The molecular weight excluding hydrogens is 288 g/mol. The Balaban J connectivity index is 2.03. The maximum Gasteiger partial charge on any atom is 0.316 e. The Bertz CT molecular complexity index is 535. The summed E-state index contributed by atoms with van der Waals surface area (Å²) in [4.78, 5) is 24.9. The molecular formula is C20H28O3. The quantitative estimate of drug-likeness (QED) is 0.456. The van der Waals surface area contributed by atoms with E-state index >= 15 is 0 Å². The van der Waals surface area contributed by atoms with E-state index in [2.05, 4.69) is 20.8 Å². The molecule has 0 radical (unpaired) electrons. The number of rotatable bonds is 5. The van der Waals surface area contributed by atoms with Gasteiger partial charge in [-0.1, -0.05) is 57.5 Å². The molecule has 0 amide bonds. The van der Waals surface area contributed by atoms with Crippen molar-refractivity contribution in [2.24, 2.45) is 23.7 Å². The fourth-order valence-electron chi connectivity index (χ4n) is 3.46. The standard InChI is InChI=1S/C20H28O3/c1-13(2)17-11-10-14(3)12-18(17)23-20(22)15(4)19(21)16-8-6-5-7-9-16/h5-9,13-15,17-18H,10-12H2,1-4H3. The minimum atomic E-state index is -0.748. The highest BCUT2D eigenvalue weighted by Gasteiger charge is 2.35. The third-order valence-electron chi connectivity index (χ3n) is 5.03. The van der Waals surface area contributed by atoms with Crippen LogP contribution >= 0.6 is 0 Å². The molecule has 4 unspecified atom stereocenters. The van der Waals surface area contributed by atoms with Gasteiger partial charge in [0.15, 0.2) is 5.78 Å². The highest BCUT2D eigenvalue weighted by atomic mass is 16.5. The van der Waals surface area contributed by atoms with Crippen molar-refractivity contribution >= 4 is 11.8 Å². The third kappa shape index (κ3) is 4.43. The number of hydrogen-bond donors (Lipinski definition) is 0. The summed E-state index contributed by atoms with van der Waals surface area (Å²) in [6.07, 6.45) is 3.13.